The number of carbonyl (C=O) groups excluding carboxylic acids is 1. The highest BCUT2D eigenvalue weighted by atomic mass is 32.2. The summed E-state index contributed by atoms with van der Waals surface area (Å²) in [5, 5.41) is 12.5. The molecule has 0 atom stereocenters. The summed E-state index contributed by atoms with van der Waals surface area (Å²) in [4.78, 5) is 16.5. The number of pyridine rings is 1. The van der Waals surface area contributed by atoms with Gasteiger partial charge in [-0.25, -0.2) is 13.4 Å². The van der Waals surface area contributed by atoms with Crippen molar-refractivity contribution in [1.29, 1.82) is 0 Å². The summed E-state index contributed by atoms with van der Waals surface area (Å²) < 4.78 is 26.6. The average Bonchev–Trinajstić information content (AvgIpc) is 3.10. The van der Waals surface area contributed by atoms with Gasteiger partial charge >= 0.3 is 0 Å². The SMILES string of the molecule is Cc1ccnc(NC(=O)c2cc(S(=O)(=O)N3CCCC3)ccc2O)c1. The third-order valence-electron chi connectivity index (χ3n) is 4.07. The van der Waals surface area contributed by atoms with Crippen LogP contribution in [0.1, 0.15) is 28.8 Å². The van der Waals surface area contributed by atoms with Gasteiger partial charge in [0.25, 0.3) is 5.91 Å². The minimum Gasteiger partial charge on any atom is -0.507 e. The Morgan fingerprint density at radius 2 is 1.92 bits per heavy atom. The molecule has 2 N–H and O–H groups in total. The number of aromatic hydroxyl groups is 1. The molecular formula is C17H19N3O4S. The molecule has 0 spiro atoms. The van der Waals surface area contributed by atoms with Gasteiger partial charge in [-0.3, -0.25) is 4.79 Å². The first kappa shape index (κ1) is 17.4. The number of aromatic nitrogens is 1. The molecule has 2 aromatic rings. The predicted octanol–water partition coefficient (Wildman–Crippen LogP) is 2.13. The van der Waals surface area contributed by atoms with Gasteiger partial charge in [0.1, 0.15) is 11.6 Å². The van der Waals surface area contributed by atoms with Gasteiger partial charge < -0.3 is 10.4 Å². The molecule has 1 saturated heterocycles. The molecule has 1 aliphatic heterocycles. The molecule has 0 unspecified atom stereocenters. The molecule has 0 bridgehead atoms. The number of sulfonamides is 1. The van der Waals surface area contributed by atoms with E-state index in [0.717, 1.165) is 18.4 Å². The highest BCUT2D eigenvalue weighted by Crippen LogP contribution is 2.26. The van der Waals surface area contributed by atoms with E-state index < -0.39 is 15.9 Å². The minimum absolute atomic E-state index is 0.00504. The van der Waals surface area contributed by atoms with Crippen molar-refractivity contribution in [1.82, 2.24) is 9.29 Å². The lowest BCUT2D eigenvalue weighted by molar-refractivity contribution is 0.102. The monoisotopic (exact) mass is 361 g/mol. The van der Waals surface area contributed by atoms with Crippen LogP contribution in [-0.4, -0.2) is 41.8 Å². The number of rotatable bonds is 4. The molecule has 1 fully saturated rings. The number of benzene rings is 1. The number of anilines is 1. The van der Waals surface area contributed by atoms with Crippen LogP contribution in [0.15, 0.2) is 41.4 Å². The Morgan fingerprint density at radius 1 is 1.20 bits per heavy atom. The number of carbonyl (C=O) groups is 1. The number of phenolic OH excluding ortho intramolecular Hbond substituents is 1. The Bertz CT molecular complexity index is 906. The van der Waals surface area contributed by atoms with Crippen molar-refractivity contribution in [3.63, 3.8) is 0 Å². The molecule has 1 aliphatic rings. The lowest BCUT2D eigenvalue weighted by atomic mass is 10.2. The second-order valence-electron chi connectivity index (χ2n) is 5.96. The number of amides is 1. The Morgan fingerprint density at radius 3 is 2.60 bits per heavy atom. The maximum absolute atomic E-state index is 12.6. The molecule has 0 aliphatic carbocycles. The highest BCUT2D eigenvalue weighted by molar-refractivity contribution is 7.89. The van der Waals surface area contributed by atoms with E-state index in [2.05, 4.69) is 10.3 Å². The smallest absolute Gasteiger partial charge is 0.260 e. The number of phenols is 1. The van der Waals surface area contributed by atoms with Gasteiger partial charge in [0.2, 0.25) is 10.0 Å². The second-order valence-corrected chi connectivity index (χ2v) is 7.90. The molecule has 0 saturated carbocycles. The van der Waals surface area contributed by atoms with Gasteiger partial charge in [-0.15, -0.1) is 0 Å². The molecule has 7 nitrogen and oxygen atoms in total. The summed E-state index contributed by atoms with van der Waals surface area (Å²) >= 11 is 0. The van der Waals surface area contributed by atoms with Crippen molar-refractivity contribution >= 4 is 21.7 Å². The van der Waals surface area contributed by atoms with E-state index in [0.29, 0.717) is 18.9 Å². The molecule has 8 heteroatoms. The van der Waals surface area contributed by atoms with Crippen LogP contribution in [0.25, 0.3) is 0 Å². The summed E-state index contributed by atoms with van der Waals surface area (Å²) in [5.41, 5.74) is 0.809. The summed E-state index contributed by atoms with van der Waals surface area (Å²) in [6.07, 6.45) is 3.20. The zero-order chi connectivity index (χ0) is 18.0. The first-order valence-electron chi connectivity index (χ1n) is 7.95. The van der Waals surface area contributed by atoms with E-state index in [-0.39, 0.29) is 16.2 Å². The lowest BCUT2D eigenvalue weighted by Gasteiger charge is -2.16. The molecule has 25 heavy (non-hydrogen) atoms. The van der Waals surface area contributed by atoms with Crippen molar-refractivity contribution in [2.75, 3.05) is 18.4 Å². The van der Waals surface area contributed by atoms with Gasteiger partial charge in [-0.2, -0.15) is 4.31 Å². The number of hydrogen-bond acceptors (Lipinski definition) is 5. The average molecular weight is 361 g/mol. The van der Waals surface area contributed by atoms with Gasteiger partial charge in [0.15, 0.2) is 0 Å². The first-order chi connectivity index (χ1) is 11.9. The fourth-order valence-electron chi connectivity index (χ4n) is 2.72. The number of nitrogens with one attached hydrogen (secondary N) is 1. The van der Waals surface area contributed by atoms with Crippen molar-refractivity contribution in [3.8, 4) is 5.75 Å². The van der Waals surface area contributed by atoms with Gasteiger partial charge in [-0.05, 0) is 55.7 Å². The van der Waals surface area contributed by atoms with Crippen molar-refractivity contribution < 1.29 is 18.3 Å². The van der Waals surface area contributed by atoms with E-state index in [9.17, 15) is 18.3 Å². The van der Waals surface area contributed by atoms with Crippen LogP contribution in [0.5, 0.6) is 5.75 Å². The van der Waals surface area contributed by atoms with Gasteiger partial charge in [0, 0.05) is 19.3 Å². The molecule has 1 aromatic heterocycles. The standard InChI is InChI=1S/C17H19N3O4S/c1-12-6-7-18-16(10-12)19-17(22)14-11-13(4-5-15(14)21)25(23,24)20-8-2-3-9-20/h4-7,10-11,21H,2-3,8-9H2,1H3,(H,18,19,22). The third-order valence-corrected chi connectivity index (χ3v) is 5.97. The van der Waals surface area contributed by atoms with E-state index in [1.807, 2.05) is 6.92 Å². The molecule has 132 valence electrons. The summed E-state index contributed by atoms with van der Waals surface area (Å²) in [5.74, 6) is -0.572. The molecule has 3 rings (SSSR count). The zero-order valence-electron chi connectivity index (χ0n) is 13.8. The summed E-state index contributed by atoms with van der Waals surface area (Å²) in [6, 6.07) is 7.20. The Labute approximate surface area is 146 Å². The maximum atomic E-state index is 12.6. The molecule has 2 heterocycles. The summed E-state index contributed by atoms with van der Waals surface area (Å²) in [7, 11) is -3.66. The van der Waals surface area contributed by atoms with Crippen LogP contribution in [0.4, 0.5) is 5.82 Å². The maximum Gasteiger partial charge on any atom is 0.260 e. The van der Waals surface area contributed by atoms with Crippen molar-refractivity contribution in [2.45, 2.75) is 24.7 Å². The fourth-order valence-corrected chi connectivity index (χ4v) is 4.27. The summed E-state index contributed by atoms with van der Waals surface area (Å²) in [6.45, 7) is 2.80. The quantitative estimate of drug-likeness (QED) is 0.869. The van der Waals surface area contributed by atoms with Crippen LogP contribution < -0.4 is 5.32 Å². The van der Waals surface area contributed by atoms with E-state index in [1.54, 1.807) is 18.3 Å². The third kappa shape index (κ3) is 3.64. The van der Waals surface area contributed by atoms with Gasteiger partial charge in [-0.1, -0.05) is 0 Å². The normalized spacial score (nSPS) is 15.2. The van der Waals surface area contributed by atoms with E-state index in [1.165, 1.54) is 22.5 Å². The zero-order valence-corrected chi connectivity index (χ0v) is 14.6. The van der Waals surface area contributed by atoms with Crippen LogP contribution in [0.2, 0.25) is 0 Å². The number of hydrogen-bond donors (Lipinski definition) is 2. The van der Waals surface area contributed by atoms with E-state index in [4.69, 9.17) is 0 Å². The fraction of sp³-hybridized carbons (Fsp3) is 0.294. The lowest BCUT2D eigenvalue weighted by Crippen LogP contribution is -2.28. The molecule has 1 amide bonds. The predicted molar refractivity (Wildman–Crippen MR) is 93.0 cm³/mol. The number of aryl methyl sites for hydroxylation is 1. The second kappa shape index (κ2) is 6.81. The highest BCUT2D eigenvalue weighted by Gasteiger charge is 2.28. The number of nitrogens with zero attached hydrogens (tertiary/aromatic N) is 2. The van der Waals surface area contributed by atoms with Crippen molar-refractivity contribution in [3.05, 3.63) is 47.7 Å². The van der Waals surface area contributed by atoms with Crippen LogP contribution in [0.3, 0.4) is 0 Å². The van der Waals surface area contributed by atoms with E-state index >= 15 is 0 Å². The Balaban J connectivity index is 1.90. The van der Waals surface area contributed by atoms with Crippen molar-refractivity contribution in [2.24, 2.45) is 0 Å². The minimum atomic E-state index is -3.66. The topological polar surface area (TPSA) is 99.6 Å². The Hall–Kier alpha value is -2.45. The molecular weight excluding hydrogens is 342 g/mol. The molecule has 1 aromatic carbocycles. The largest absolute Gasteiger partial charge is 0.507 e. The van der Waals surface area contributed by atoms with Crippen LogP contribution >= 0.6 is 0 Å². The molecule has 0 radical (unpaired) electrons. The van der Waals surface area contributed by atoms with Crippen LogP contribution in [-0.2, 0) is 10.0 Å². The Kier molecular flexibility index (Phi) is 4.73. The van der Waals surface area contributed by atoms with Gasteiger partial charge in [0.05, 0.1) is 10.5 Å². The van der Waals surface area contributed by atoms with Crippen LogP contribution in [0, 0.1) is 6.92 Å². The first-order valence-corrected chi connectivity index (χ1v) is 9.39.